The number of anilines is 1. The van der Waals surface area contributed by atoms with Crippen LogP contribution in [0.15, 0.2) is 18.2 Å². The van der Waals surface area contributed by atoms with Crippen LogP contribution in [0.2, 0.25) is 0 Å². The van der Waals surface area contributed by atoms with Gasteiger partial charge in [0.1, 0.15) is 0 Å². The average Bonchev–Trinajstić information content (AvgIpc) is 2.96. The summed E-state index contributed by atoms with van der Waals surface area (Å²) in [6, 6.07) is 4.41. The summed E-state index contributed by atoms with van der Waals surface area (Å²) in [5.74, 6) is 0.417. The first-order valence-corrected chi connectivity index (χ1v) is 7.38. The molecule has 1 aliphatic rings. The van der Waals surface area contributed by atoms with Crippen LogP contribution in [0.25, 0.3) is 0 Å². The normalized spacial score (nSPS) is 17.8. The van der Waals surface area contributed by atoms with Gasteiger partial charge in [-0.25, -0.2) is 0 Å². The SMILES string of the molecule is CCNc1ccc([N+](=O)[O-])cc1C(=O)N1CCC(CC)C1. The van der Waals surface area contributed by atoms with Crippen molar-refractivity contribution < 1.29 is 9.72 Å². The lowest BCUT2D eigenvalue weighted by molar-refractivity contribution is -0.384. The van der Waals surface area contributed by atoms with E-state index in [0.29, 0.717) is 23.7 Å². The summed E-state index contributed by atoms with van der Waals surface area (Å²) in [6.45, 7) is 6.18. The predicted molar refractivity (Wildman–Crippen MR) is 81.6 cm³/mol. The fraction of sp³-hybridized carbons (Fsp3) is 0.533. The molecule has 6 heteroatoms. The van der Waals surface area contributed by atoms with Crippen LogP contribution in [0, 0.1) is 16.0 Å². The number of nitro benzene ring substituents is 1. The zero-order chi connectivity index (χ0) is 15.4. The number of amides is 1. The highest BCUT2D eigenvalue weighted by atomic mass is 16.6. The van der Waals surface area contributed by atoms with Crippen LogP contribution in [0.3, 0.4) is 0 Å². The number of rotatable bonds is 5. The molecule has 0 bridgehead atoms. The van der Waals surface area contributed by atoms with Gasteiger partial charge in [-0.3, -0.25) is 14.9 Å². The molecule has 0 radical (unpaired) electrons. The summed E-state index contributed by atoms with van der Waals surface area (Å²) in [5.41, 5.74) is 1.00. The van der Waals surface area contributed by atoms with Crippen molar-refractivity contribution in [3.63, 3.8) is 0 Å². The van der Waals surface area contributed by atoms with Gasteiger partial charge in [0.15, 0.2) is 0 Å². The fourth-order valence-electron chi connectivity index (χ4n) is 2.69. The van der Waals surface area contributed by atoms with E-state index in [1.807, 2.05) is 6.92 Å². The molecular weight excluding hydrogens is 270 g/mol. The molecule has 1 fully saturated rings. The molecule has 1 aromatic carbocycles. The lowest BCUT2D eigenvalue weighted by Crippen LogP contribution is -2.29. The monoisotopic (exact) mass is 291 g/mol. The van der Waals surface area contributed by atoms with Crippen LogP contribution in [-0.4, -0.2) is 35.4 Å². The van der Waals surface area contributed by atoms with E-state index in [2.05, 4.69) is 12.2 Å². The van der Waals surface area contributed by atoms with E-state index >= 15 is 0 Å². The standard InChI is InChI=1S/C15H21N3O3/c1-3-11-7-8-17(10-11)15(19)13-9-12(18(20)21)5-6-14(13)16-4-2/h5-6,9,11,16H,3-4,7-8,10H2,1-2H3. The Morgan fingerprint density at radius 2 is 2.24 bits per heavy atom. The summed E-state index contributed by atoms with van der Waals surface area (Å²) >= 11 is 0. The molecule has 1 atom stereocenters. The molecule has 0 aromatic heterocycles. The van der Waals surface area contributed by atoms with Crippen LogP contribution in [0.4, 0.5) is 11.4 Å². The summed E-state index contributed by atoms with van der Waals surface area (Å²) in [5, 5.41) is 14.0. The zero-order valence-corrected chi connectivity index (χ0v) is 12.5. The summed E-state index contributed by atoms with van der Waals surface area (Å²) in [6.07, 6.45) is 2.06. The van der Waals surface area contributed by atoms with Gasteiger partial charge >= 0.3 is 0 Å². The number of nitrogens with one attached hydrogen (secondary N) is 1. The van der Waals surface area contributed by atoms with Gasteiger partial charge in [0.05, 0.1) is 10.5 Å². The highest BCUT2D eigenvalue weighted by Gasteiger charge is 2.28. The molecule has 0 saturated carbocycles. The maximum absolute atomic E-state index is 12.6. The first-order chi connectivity index (χ1) is 10.1. The molecule has 6 nitrogen and oxygen atoms in total. The van der Waals surface area contributed by atoms with E-state index in [0.717, 1.165) is 25.9 Å². The lowest BCUT2D eigenvalue weighted by Gasteiger charge is -2.18. The third kappa shape index (κ3) is 3.32. The third-order valence-electron chi connectivity index (χ3n) is 3.96. The van der Waals surface area contributed by atoms with E-state index in [1.54, 1.807) is 11.0 Å². The topological polar surface area (TPSA) is 75.5 Å². The van der Waals surface area contributed by atoms with Crippen molar-refractivity contribution in [3.8, 4) is 0 Å². The summed E-state index contributed by atoms with van der Waals surface area (Å²) in [7, 11) is 0. The van der Waals surface area contributed by atoms with Gasteiger partial charge in [0, 0.05) is 37.5 Å². The Morgan fingerprint density at radius 1 is 1.48 bits per heavy atom. The molecule has 21 heavy (non-hydrogen) atoms. The Labute approximate surface area is 124 Å². The minimum absolute atomic E-state index is 0.0498. The lowest BCUT2D eigenvalue weighted by atomic mass is 10.1. The molecule has 114 valence electrons. The Balaban J connectivity index is 2.29. The van der Waals surface area contributed by atoms with Crippen LogP contribution in [0.1, 0.15) is 37.0 Å². The number of carbonyl (C=O) groups excluding carboxylic acids is 1. The number of likely N-dealkylation sites (tertiary alicyclic amines) is 1. The Morgan fingerprint density at radius 3 is 2.81 bits per heavy atom. The van der Waals surface area contributed by atoms with E-state index < -0.39 is 4.92 Å². The summed E-state index contributed by atoms with van der Waals surface area (Å²) < 4.78 is 0. The van der Waals surface area contributed by atoms with Crippen molar-refractivity contribution in [3.05, 3.63) is 33.9 Å². The molecule has 1 N–H and O–H groups in total. The number of hydrogen-bond acceptors (Lipinski definition) is 4. The molecule has 1 saturated heterocycles. The number of non-ortho nitro benzene ring substituents is 1. The number of nitrogens with zero attached hydrogens (tertiary/aromatic N) is 2. The third-order valence-corrected chi connectivity index (χ3v) is 3.96. The molecule has 2 rings (SSSR count). The number of hydrogen-bond donors (Lipinski definition) is 1. The van der Waals surface area contributed by atoms with Crippen LogP contribution in [0.5, 0.6) is 0 Å². The maximum atomic E-state index is 12.6. The Kier molecular flexibility index (Phi) is 4.77. The molecular formula is C15H21N3O3. The minimum Gasteiger partial charge on any atom is -0.385 e. The van der Waals surface area contributed by atoms with Gasteiger partial charge in [-0.2, -0.15) is 0 Å². The van der Waals surface area contributed by atoms with E-state index in [-0.39, 0.29) is 11.6 Å². The van der Waals surface area contributed by atoms with Gasteiger partial charge in [-0.15, -0.1) is 0 Å². The van der Waals surface area contributed by atoms with Gasteiger partial charge in [-0.05, 0) is 25.3 Å². The molecule has 1 unspecified atom stereocenters. The molecule has 0 spiro atoms. The van der Waals surface area contributed by atoms with Gasteiger partial charge < -0.3 is 10.2 Å². The first kappa shape index (κ1) is 15.3. The van der Waals surface area contributed by atoms with E-state index in [1.165, 1.54) is 12.1 Å². The minimum atomic E-state index is -0.467. The molecule has 1 amide bonds. The van der Waals surface area contributed by atoms with Crippen molar-refractivity contribution >= 4 is 17.3 Å². The maximum Gasteiger partial charge on any atom is 0.270 e. The summed E-state index contributed by atoms with van der Waals surface area (Å²) in [4.78, 5) is 24.9. The molecule has 1 aliphatic heterocycles. The van der Waals surface area contributed by atoms with Crippen LogP contribution < -0.4 is 5.32 Å². The molecule has 1 aromatic rings. The highest BCUT2D eigenvalue weighted by Crippen LogP contribution is 2.27. The Bertz CT molecular complexity index is 545. The van der Waals surface area contributed by atoms with E-state index in [4.69, 9.17) is 0 Å². The zero-order valence-electron chi connectivity index (χ0n) is 12.5. The number of nitro groups is 1. The van der Waals surface area contributed by atoms with Crippen molar-refractivity contribution in [2.45, 2.75) is 26.7 Å². The average molecular weight is 291 g/mol. The predicted octanol–water partition coefficient (Wildman–Crippen LogP) is 2.90. The quantitative estimate of drug-likeness (QED) is 0.668. The van der Waals surface area contributed by atoms with Gasteiger partial charge in [0.2, 0.25) is 0 Å². The van der Waals surface area contributed by atoms with Crippen molar-refractivity contribution in [1.82, 2.24) is 4.90 Å². The Hall–Kier alpha value is -2.11. The highest BCUT2D eigenvalue weighted by molar-refractivity contribution is 6.00. The van der Waals surface area contributed by atoms with Crippen molar-refractivity contribution in [2.24, 2.45) is 5.92 Å². The first-order valence-electron chi connectivity index (χ1n) is 7.38. The van der Waals surface area contributed by atoms with Crippen molar-refractivity contribution in [1.29, 1.82) is 0 Å². The van der Waals surface area contributed by atoms with Crippen LogP contribution >= 0.6 is 0 Å². The molecule has 0 aliphatic carbocycles. The van der Waals surface area contributed by atoms with Gasteiger partial charge in [-0.1, -0.05) is 13.3 Å². The molecule has 1 heterocycles. The largest absolute Gasteiger partial charge is 0.385 e. The van der Waals surface area contributed by atoms with Crippen molar-refractivity contribution in [2.75, 3.05) is 25.0 Å². The van der Waals surface area contributed by atoms with E-state index in [9.17, 15) is 14.9 Å². The van der Waals surface area contributed by atoms with Crippen LogP contribution in [-0.2, 0) is 0 Å². The number of carbonyl (C=O) groups is 1. The van der Waals surface area contributed by atoms with Gasteiger partial charge in [0.25, 0.3) is 11.6 Å². The number of benzene rings is 1. The second-order valence-electron chi connectivity index (χ2n) is 5.33. The second-order valence-corrected chi connectivity index (χ2v) is 5.33. The smallest absolute Gasteiger partial charge is 0.270 e. The fourth-order valence-corrected chi connectivity index (χ4v) is 2.69. The second kappa shape index (κ2) is 6.56.